The lowest BCUT2D eigenvalue weighted by molar-refractivity contribution is 0.597. The molecule has 0 fully saturated rings. The highest BCUT2D eigenvalue weighted by molar-refractivity contribution is 7.90. The van der Waals surface area contributed by atoms with Crippen molar-refractivity contribution in [3.05, 3.63) is 17.8 Å². The van der Waals surface area contributed by atoms with Crippen LogP contribution in [0.25, 0.3) is 0 Å². The first-order valence-corrected chi connectivity index (χ1v) is 6.18. The Hall–Kier alpha value is -1.47. The molecule has 3 N–H and O–H groups in total. The van der Waals surface area contributed by atoms with E-state index in [0.29, 0.717) is 0 Å². The average Bonchev–Trinajstić information content (AvgIpc) is 2.18. The molecule has 0 amide bonds. The molecule has 0 spiro atoms. The highest BCUT2D eigenvalue weighted by Crippen LogP contribution is 2.25. The summed E-state index contributed by atoms with van der Waals surface area (Å²) in [5.41, 5.74) is 6.36. The summed E-state index contributed by atoms with van der Waals surface area (Å²) in [6, 6.07) is 1.05. The number of hydrogen-bond donors (Lipinski definition) is 2. The number of rotatable bonds is 1. The Bertz CT molecular complexity index is 563. The van der Waals surface area contributed by atoms with Gasteiger partial charge in [-0.3, -0.25) is 0 Å². The van der Waals surface area contributed by atoms with E-state index in [4.69, 9.17) is 5.73 Å². The molecule has 1 aliphatic rings. The van der Waals surface area contributed by atoms with Crippen molar-refractivity contribution >= 4 is 21.7 Å². The fourth-order valence-electron chi connectivity index (χ4n) is 1.35. The normalized spacial score (nSPS) is 19.3. The molecule has 16 heavy (non-hydrogen) atoms. The number of aromatic nitrogens is 1. The lowest BCUT2D eigenvalue weighted by Gasteiger charge is -2.19. The summed E-state index contributed by atoms with van der Waals surface area (Å²) in [5, 5.41) is 2.81. The molecule has 6 nitrogen and oxygen atoms in total. The predicted octanol–water partition coefficient (Wildman–Crippen LogP) is 0.250. The first-order chi connectivity index (χ1) is 7.40. The minimum absolute atomic E-state index is 0.0944. The third-order valence-electron chi connectivity index (χ3n) is 2.16. The Morgan fingerprint density at radius 2 is 2.19 bits per heavy atom. The van der Waals surface area contributed by atoms with Crippen molar-refractivity contribution in [2.75, 3.05) is 5.32 Å². The van der Waals surface area contributed by atoms with Crippen LogP contribution in [-0.4, -0.2) is 25.3 Å². The number of sulfonamides is 1. The summed E-state index contributed by atoms with van der Waals surface area (Å²) >= 11 is 0. The van der Waals surface area contributed by atoms with Crippen LogP contribution in [0.3, 0.4) is 0 Å². The summed E-state index contributed by atoms with van der Waals surface area (Å²) < 4.78 is 27.2. The smallest absolute Gasteiger partial charge is 0.287 e. The summed E-state index contributed by atoms with van der Waals surface area (Å²) in [4.78, 5) is 4.11. The molecule has 1 aliphatic heterocycles. The van der Waals surface area contributed by atoms with E-state index in [2.05, 4.69) is 14.7 Å². The maximum atomic E-state index is 11.8. The number of pyridine rings is 1. The Balaban J connectivity index is 2.62. The van der Waals surface area contributed by atoms with Crippen LogP contribution >= 0.6 is 0 Å². The number of aryl methyl sites for hydroxylation is 1. The lowest BCUT2D eigenvalue weighted by atomic mass is 10.3. The number of fused-ring (bicyclic) bond motifs is 1. The summed E-state index contributed by atoms with van der Waals surface area (Å²) in [7, 11) is -3.68. The molecule has 2 heterocycles. The molecule has 1 aromatic heterocycles. The van der Waals surface area contributed by atoms with Crippen molar-refractivity contribution in [1.29, 1.82) is 0 Å². The molecule has 1 aromatic rings. The SMILES string of the molecule is Cc1cnc2c(c1)S(=O)(=O)N=C(C(C)N)N2. The minimum atomic E-state index is -3.68. The number of anilines is 1. The fraction of sp³-hybridized carbons (Fsp3) is 0.333. The van der Waals surface area contributed by atoms with Gasteiger partial charge in [-0.2, -0.15) is 8.42 Å². The van der Waals surface area contributed by atoms with Crippen molar-refractivity contribution in [2.45, 2.75) is 24.8 Å². The van der Waals surface area contributed by atoms with Gasteiger partial charge in [-0.05, 0) is 25.5 Å². The van der Waals surface area contributed by atoms with Gasteiger partial charge < -0.3 is 11.1 Å². The van der Waals surface area contributed by atoms with Crippen LogP contribution in [0.4, 0.5) is 5.82 Å². The third-order valence-corrected chi connectivity index (χ3v) is 3.47. The second-order valence-electron chi connectivity index (χ2n) is 3.72. The Labute approximate surface area is 93.7 Å². The summed E-state index contributed by atoms with van der Waals surface area (Å²) in [5.74, 6) is 0.497. The molecule has 0 bridgehead atoms. The molecule has 1 unspecified atom stereocenters. The molecule has 0 aromatic carbocycles. The van der Waals surface area contributed by atoms with Crippen molar-refractivity contribution in [3.63, 3.8) is 0 Å². The molecule has 86 valence electrons. The number of hydrogen-bond acceptors (Lipinski definition) is 5. The maximum Gasteiger partial charge on any atom is 0.287 e. The van der Waals surface area contributed by atoms with Gasteiger partial charge in [0.2, 0.25) is 0 Å². The van der Waals surface area contributed by atoms with Gasteiger partial charge in [-0.1, -0.05) is 0 Å². The molecular formula is C9H12N4O2S. The van der Waals surface area contributed by atoms with E-state index in [1.54, 1.807) is 20.0 Å². The maximum absolute atomic E-state index is 11.8. The Kier molecular flexibility index (Phi) is 2.43. The van der Waals surface area contributed by atoms with E-state index in [9.17, 15) is 8.42 Å². The van der Waals surface area contributed by atoms with Gasteiger partial charge in [0.1, 0.15) is 10.7 Å². The quantitative estimate of drug-likeness (QED) is 0.733. The van der Waals surface area contributed by atoms with Gasteiger partial charge in [0.15, 0.2) is 5.82 Å². The van der Waals surface area contributed by atoms with Crippen LogP contribution in [0, 0.1) is 6.92 Å². The van der Waals surface area contributed by atoms with Crippen LogP contribution in [-0.2, 0) is 10.0 Å². The van der Waals surface area contributed by atoms with Crippen LogP contribution in [0.15, 0.2) is 21.6 Å². The summed E-state index contributed by atoms with van der Waals surface area (Å²) in [6.07, 6.45) is 1.59. The van der Waals surface area contributed by atoms with Gasteiger partial charge in [-0.15, -0.1) is 4.40 Å². The minimum Gasteiger partial charge on any atom is -0.325 e. The number of nitrogens with two attached hydrogens (primary N) is 1. The molecule has 0 radical (unpaired) electrons. The molecule has 2 rings (SSSR count). The van der Waals surface area contributed by atoms with Crippen molar-refractivity contribution in [1.82, 2.24) is 4.98 Å². The highest BCUT2D eigenvalue weighted by Gasteiger charge is 2.27. The zero-order valence-electron chi connectivity index (χ0n) is 8.93. The topological polar surface area (TPSA) is 97.4 Å². The largest absolute Gasteiger partial charge is 0.325 e. The molecule has 1 atom stereocenters. The van der Waals surface area contributed by atoms with E-state index in [1.165, 1.54) is 6.07 Å². The van der Waals surface area contributed by atoms with E-state index in [1.807, 2.05) is 0 Å². The molecule has 0 saturated heterocycles. The van der Waals surface area contributed by atoms with Crippen molar-refractivity contribution < 1.29 is 8.42 Å². The van der Waals surface area contributed by atoms with Gasteiger partial charge in [0, 0.05) is 6.20 Å². The van der Waals surface area contributed by atoms with Gasteiger partial charge >= 0.3 is 0 Å². The monoisotopic (exact) mass is 240 g/mol. The van der Waals surface area contributed by atoms with E-state index < -0.39 is 16.1 Å². The van der Waals surface area contributed by atoms with Crippen LogP contribution in [0.1, 0.15) is 12.5 Å². The first kappa shape index (κ1) is 11.0. The number of nitrogens with one attached hydrogen (secondary N) is 1. The van der Waals surface area contributed by atoms with Crippen LogP contribution in [0.2, 0.25) is 0 Å². The third kappa shape index (κ3) is 1.79. The molecular weight excluding hydrogens is 228 g/mol. The zero-order valence-corrected chi connectivity index (χ0v) is 9.75. The number of nitrogens with zero attached hydrogens (tertiary/aromatic N) is 2. The van der Waals surface area contributed by atoms with E-state index in [-0.39, 0.29) is 16.5 Å². The molecule has 0 saturated carbocycles. The molecule has 7 heteroatoms. The van der Waals surface area contributed by atoms with Crippen molar-refractivity contribution in [2.24, 2.45) is 10.1 Å². The Morgan fingerprint density at radius 1 is 1.50 bits per heavy atom. The highest BCUT2D eigenvalue weighted by atomic mass is 32.2. The standard InChI is InChI=1S/C9H12N4O2S/c1-5-3-7-9(11-4-5)12-8(6(2)10)13-16(7,14)15/h3-4,6H,10H2,1-2H3,(H,11,12,13). The predicted molar refractivity (Wildman–Crippen MR) is 60.9 cm³/mol. The lowest BCUT2D eigenvalue weighted by Crippen LogP contribution is -2.36. The van der Waals surface area contributed by atoms with Crippen LogP contribution < -0.4 is 11.1 Å². The van der Waals surface area contributed by atoms with Gasteiger partial charge in [0.05, 0.1) is 6.04 Å². The first-order valence-electron chi connectivity index (χ1n) is 4.74. The van der Waals surface area contributed by atoms with Gasteiger partial charge in [0.25, 0.3) is 10.0 Å². The Morgan fingerprint density at radius 3 is 2.81 bits per heavy atom. The van der Waals surface area contributed by atoms with Gasteiger partial charge in [-0.25, -0.2) is 4.98 Å². The average molecular weight is 240 g/mol. The number of amidine groups is 1. The van der Waals surface area contributed by atoms with Crippen molar-refractivity contribution in [3.8, 4) is 0 Å². The summed E-state index contributed by atoms with van der Waals surface area (Å²) in [6.45, 7) is 3.42. The second-order valence-corrected chi connectivity index (χ2v) is 5.30. The second kappa shape index (κ2) is 3.53. The van der Waals surface area contributed by atoms with Crippen LogP contribution in [0.5, 0.6) is 0 Å². The van der Waals surface area contributed by atoms with E-state index in [0.717, 1.165) is 5.56 Å². The fourth-order valence-corrected chi connectivity index (χ4v) is 2.60. The zero-order chi connectivity index (χ0) is 11.9. The molecule has 0 aliphatic carbocycles. The van der Waals surface area contributed by atoms with E-state index >= 15 is 0 Å².